The summed E-state index contributed by atoms with van der Waals surface area (Å²) in [6, 6.07) is 5.93. The summed E-state index contributed by atoms with van der Waals surface area (Å²) in [5, 5.41) is 0. The van der Waals surface area contributed by atoms with Gasteiger partial charge in [-0.1, -0.05) is 25.1 Å². The largest absolute Gasteiger partial charge is 0.493 e. The van der Waals surface area contributed by atoms with Crippen molar-refractivity contribution >= 4 is 6.08 Å². The monoisotopic (exact) mass is 306 g/mol. The fourth-order valence-electron chi connectivity index (χ4n) is 2.34. The van der Waals surface area contributed by atoms with Crippen molar-refractivity contribution in [3.05, 3.63) is 29.8 Å². The topological polar surface area (TPSA) is 36.9 Å². The Bertz CT molecular complexity index is 464. The Kier molecular flexibility index (Phi) is 7.26. The highest BCUT2D eigenvalue weighted by atomic mass is 16.7. The van der Waals surface area contributed by atoms with Crippen LogP contribution in [0.2, 0.25) is 0 Å². The summed E-state index contributed by atoms with van der Waals surface area (Å²) in [6.07, 6.45) is 8.42. The van der Waals surface area contributed by atoms with Crippen LogP contribution < -0.4 is 9.47 Å². The molecule has 0 spiro atoms. The lowest BCUT2D eigenvalue weighted by Crippen LogP contribution is -2.24. The molecule has 122 valence electrons. The normalized spacial score (nSPS) is 18.5. The molecule has 1 heterocycles. The molecule has 0 saturated carbocycles. The van der Waals surface area contributed by atoms with E-state index in [1.807, 2.05) is 18.2 Å². The molecular formula is C18H26O4. The van der Waals surface area contributed by atoms with Crippen molar-refractivity contribution in [2.75, 3.05) is 26.9 Å². The van der Waals surface area contributed by atoms with Gasteiger partial charge in [0, 0.05) is 6.61 Å². The Labute approximate surface area is 133 Å². The molecule has 2 rings (SSSR count). The minimum Gasteiger partial charge on any atom is -0.493 e. The van der Waals surface area contributed by atoms with Crippen LogP contribution in [0, 0.1) is 0 Å². The average molecular weight is 306 g/mol. The molecule has 1 unspecified atom stereocenters. The zero-order valence-electron chi connectivity index (χ0n) is 13.5. The van der Waals surface area contributed by atoms with Crippen LogP contribution in [0.4, 0.5) is 0 Å². The van der Waals surface area contributed by atoms with E-state index in [4.69, 9.17) is 18.9 Å². The Morgan fingerprint density at radius 1 is 1.23 bits per heavy atom. The molecule has 1 atom stereocenters. The second-order valence-electron chi connectivity index (χ2n) is 5.24. The van der Waals surface area contributed by atoms with Gasteiger partial charge in [-0.05, 0) is 43.4 Å². The lowest BCUT2D eigenvalue weighted by atomic mass is 10.2. The van der Waals surface area contributed by atoms with E-state index in [1.54, 1.807) is 7.11 Å². The minimum absolute atomic E-state index is 0.0712. The van der Waals surface area contributed by atoms with Gasteiger partial charge in [-0.25, -0.2) is 0 Å². The Hall–Kier alpha value is -1.52. The van der Waals surface area contributed by atoms with E-state index in [1.165, 1.54) is 6.42 Å². The Morgan fingerprint density at radius 3 is 2.86 bits per heavy atom. The molecular weight excluding hydrogens is 280 g/mol. The molecule has 0 N–H and O–H groups in total. The summed E-state index contributed by atoms with van der Waals surface area (Å²) in [4.78, 5) is 0. The van der Waals surface area contributed by atoms with Crippen molar-refractivity contribution in [1.82, 2.24) is 0 Å². The molecule has 0 aliphatic carbocycles. The minimum atomic E-state index is -0.0712. The standard InChI is InChI=1S/C18H26O4/c1-3-4-7-15-9-10-16(19-2)17(14-15)20-12-13-22-18-8-5-6-11-21-18/h4,7,9-10,14,18H,3,5-6,8,11-13H2,1-2H3/b7-4+. The molecule has 1 saturated heterocycles. The van der Waals surface area contributed by atoms with Crippen LogP contribution in [0.1, 0.15) is 38.2 Å². The van der Waals surface area contributed by atoms with Gasteiger partial charge >= 0.3 is 0 Å². The summed E-state index contributed by atoms with van der Waals surface area (Å²) in [6.45, 7) is 3.91. The summed E-state index contributed by atoms with van der Waals surface area (Å²) in [5.41, 5.74) is 1.11. The number of rotatable bonds is 8. The molecule has 0 bridgehead atoms. The molecule has 0 amide bonds. The highest BCUT2D eigenvalue weighted by Crippen LogP contribution is 2.28. The zero-order valence-corrected chi connectivity index (χ0v) is 13.5. The maximum absolute atomic E-state index is 5.80. The van der Waals surface area contributed by atoms with Gasteiger partial charge in [-0.15, -0.1) is 0 Å². The van der Waals surface area contributed by atoms with Gasteiger partial charge < -0.3 is 18.9 Å². The summed E-state index contributed by atoms with van der Waals surface area (Å²) < 4.78 is 22.3. The van der Waals surface area contributed by atoms with Gasteiger partial charge in [0.05, 0.1) is 13.7 Å². The maximum atomic E-state index is 5.80. The van der Waals surface area contributed by atoms with E-state index in [2.05, 4.69) is 19.1 Å². The second kappa shape index (κ2) is 9.49. The van der Waals surface area contributed by atoms with Gasteiger partial charge in [0.15, 0.2) is 17.8 Å². The van der Waals surface area contributed by atoms with Gasteiger partial charge in [-0.3, -0.25) is 0 Å². The summed E-state index contributed by atoms with van der Waals surface area (Å²) in [5.74, 6) is 1.48. The lowest BCUT2D eigenvalue weighted by Gasteiger charge is -2.22. The van der Waals surface area contributed by atoms with Crippen molar-refractivity contribution in [1.29, 1.82) is 0 Å². The van der Waals surface area contributed by atoms with Crippen molar-refractivity contribution in [3.8, 4) is 11.5 Å². The fourth-order valence-corrected chi connectivity index (χ4v) is 2.34. The predicted molar refractivity (Wildman–Crippen MR) is 87.4 cm³/mol. The van der Waals surface area contributed by atoms with Gasteiger partial charge in [0.1, 0.15) is 6.61 Å². The first-order chi connectivity index (χ1) is 10.8. The van der Waals surface area contributed by atoms with Crippen molar-refractivity contribution in [2.24, 2.45) is 0 Å². The highest BCUT2D eigenvalue weighted by molar-refractivity contribution is 5.55. The fraction of sp³-hybridized carbons (Fsp3) is 0.556. The Balaban J connectivity index is 1.83. The number of ether oxygens (including phenoxy) is 4. The zero-order chi connectivity index (χ0) is 15.6. The number of allylic oxidation sites excluding steroid dienone is 1. The van der Waals surface area contributed by atoms with Gasteiger partial charge in [0.25, 0.3) is 0 Å². The third-order valence-electron chi connectivity index (χ3n) is 3.52. The molecule has 1 fully saturated rings. The molecule has 1 aromatic rings. The molecule has 0 radical (unpaired) electrons. The molecule has 22 heavy (non-hydrogen) atoms. The van der Waals surface area contributed by atoms with Crippen LogP contribution in [0.15, 0.2) is 24.3 Å². The van der Waals surface area contributed by atoms with E-state index in [0.717, 1.165) is 42.9 Å². The van der Waals surface area contributed by atoms with Crippen LogP contribution >= 0.6 is 0 Å². The first-order valence-corrected chi connectivity index (χ1v) is 8.04. The molecule has 1 aromatic carbocycles. The summed E-state index contributed by atoms with van der Waals surface area (Å²) >= 11 is 0. The van der Waals surface area contributed by atoms with Crippen LogP contribution in [0.25, 0.3) is 6.08 Å². The number of methoxy groups -OCH3 is 1. The maximum Gasteiger partial charge on any atom is 0.161 e. The molecule has 1 aliphatic heterocycles. The van der Waals surface area contributed by atoms with Crippen molar-refractivity contribution < 1.29 is 18.9 Å². The SMILES string of the molecule is CC/C=C/c1ccc(OC)c(OCCOC2CCCCO2)c1. The smallest absolute Gasteiger partial charge is 0.161 e. The van der Waals surface area contributed by atoms with Gasteiger partial charge in [-0.2, -0.15) is 0 Å². The lowest BCUT2D eigenvalue weighted by molar-refractivity contribution is -0.165. The average Bonchev–Trinajstić information content (AvgIpc) is 2.58. The van der Waals surface area contributed by atoms with Crippen LogP contribution in [-0.2, 0) is 9.47 Å². The first-order valence-electron chi connectivity index (χ1n) is 8.04. The van der Waals surface area contributed by atoms with Crippen LogP contribution in [0.5, 0.6) is 11.5 Å². The van der Waals surface area contributed by atoms with E-state index in [-0.39, 0.29) is 6.29 Å². The molecule has 1 aliphatic rings. The molecule has 0 aromatic heterocycles. The third kappa shape index (κ3) is 5.35. The second-order valence-corrected chi connectivity index (χ2v) is 5.24. The third-order valence-corrected chi connectivity index (χ3v) is 3.52. The van der Waals surface area contributed by atoms with E-state index in [9.17, 15) is 0 Å². The molecule has 4 heteroatoms. The van der Waals surface area contributed by atoms with Crippen molar-refractivity contribution in [2.45, 2.75) is 38.9 Å². The predicted octanol–water partition coefficient (Wildman–Crippen LogP) is 4.04. The quantitative estimate of drug-likeness (QED) is 0.679. The van der Waals surface area contributed by atoms with E-state index < -0.39 is 0 Å². The Morgan fingerprint density at radius 2 is 2.14 bits per heavy atom. The highest BCUT2D eigenvalue weighted by Gasteiger charge is 2.13. The van der Waals surface area contributed by atoms with Gasteiger partial charge in [0.2, 0.25) is 0 Å². The summed E-state index contributed by atoms with van der Waals surface area (Å²) in [7, 11) is 1.65. The van der Waals surface area contributed by atoms with E-state index in [0.29, 0.717) is 13.2 Å². The first kappa shape index (κ1) is 16.8. The van der Waals surface area contributed by atoms with E-state index >= 15 is 0 Å². The van der Waals surface area contributed by atoms with Crippen molar-refractivity contribution in [3.63, 3.8) is 0 Å². The number of benzene rings is 1. The van der Waals surface area contributed by atoms with Crippen LogP contribution in [0.3, 0.4) is 0 Å². The molecule has 4 nitrogen and oxygen atoms in total. The van der Waals surface area contributed by atoms with Crippen LogP contribution in [-0.4, -0.2) is 33.2 Å². The number of hydrogen-bond acceptors (Lipinski definition) is 4. The number of hydrogen-bond donors (Lipinski definition) is 0.